The summed E-state index contributed by atoms with van der Waals surface area (Å²) in [5.41, 5.74) is 4.04. The molecule has 1 amide bonds. The molecule has 0 aliphatic carbocycles. The van der Waals surface area contributed by atoms with Gasteiger partial charge >= 0.3 is 204 Å². The summed E-state index contributed by atoms with van der Waals surface area (Å²) < 4.78 is 27.7. The van der Waals surface area contributed by atoms with Crippen molar-refractivity contribution < 1.29 is 64.9 Å². The Bertz CT molecular complexity index is 1230. The van der Waals surface area contributed by atoms with Crippen LogP contribution in [0, 0.1) is 5.82 Å². The number of halogens is 3. The first-order chi connectivity index (χ1) is 15.5. The average molecular weight is 663 g/mol. The minimum absolute atomic E-state index is 0.0456. The van der Waals surface area contributed by atoms with Crippen molar-refractivity contribution in [3.05, 3.63) is 53.7 Å². The molecule has 1 atom stereocenters. The van der Waals surface area contributed by atoms with Gasteiger partial charge in [-0.2, -0.15) is 0 Å². The van der Waals surface area contributed by atoms with E-state index < -0.39 is 48.9 Å². The first kappa shape index (κ1) is 21.2. The van der Waals surface area contributed by atoms with Crippen LogP contribution in [0.25, 0.3) is 11.3 Å². The number of amides is 1. The van der Waals surface area contributed by atoms with Gasteiger partial charge in [0.25, 0.3) is 0 Å². The molecule has 2 aliphatic heterocycles. The third-order valence-corrected chi connectivity index (χ3v) is 9.31. The number of carbonyl (C=O) groups excluding carboxylic acids is 2. The number of rotatable bonds is 3. The number of benzene rings is 1. The maximum atomic E-state index is 14.3. The van der Waals surface area contributed by atoms with E-state index in [9.17, 15) is 14.0 Å². The average Bonchev–Trinajstić information content (AvgIpc) is 3.15. The first-order valence-corrected chi connectivity index (χ1v) is 13.7. The molecule has 0 fully saturated rings. The van der Waals surface area contributed by atoms with Gasteiger partial charge in [0.15, 0.2) is 0 Å². The number of H-pyrrole nitrogens is 1. The minimum atomic E-state index is -1.13. The van der Waals surface area contributed by atoms with Crippen LogP contribution in [0.1, 0.15) is 16.1 Å². The molecule has 0 saturated carbocycles. The molecule has 5 rings (SSSR count). The number of alkyl halides is 1. The fourth-order valence-electron chi connectivity index (χ4n) is 3.61. The van der Waals surface area contributed by atoms with E-state index in [4.69, 9.17) is 7.80 Å². The van der Waals surface area contributed by atoms with Gasteiger partial charge in [-0.15, -0.1) is 0 Å². The maximum absolute atomic E-state index is 14.3. The summed E-state index contributed by atoms with van der Waals surface area (Å²) in [6.45, 7) is 0. The van der Waals surface area contributed by atoms with Crippen molar-refractivity contribution in [2.45, 2.75) is 10.5 Å². The molecule has 2 aliphatic rings. The van der Waals surface area contributed by atoms with Crippen LogP contribution < -0.4 is 62.0 Å². The SMILES string of the molecule is COc1c(F)cccc1Nc1c2[nH]c3c1C(=O)N[C@H](C3)[I-]OC(=O)[I-]Nc1cnccc1-2. The van der Waals surface area contributed by atoms with Crippen molar-refractivity contribution in [1.82, 2.24) is 15.3 Å². The fraction of sp³-hybridized carbons (Fsp3) is 0.150. The second-order valence-electron chi connectivity index (χ2n) is 6.83. The molecule has 0 spiro atoms. The van der Waals surface area contributed by atoms with Crippen LogP contribution in [-0.2, 0) is 9.49 Å². The third-order valence-electron chi connectivity index (χ3n) is 4.94. The zero-order valence-corrected chi connectivity index (χ0v) is 20.8. The van der Waals surface area contributed by atoms with Gasteiger partial charge in [0, 0.05) is 0 Å². The Morgan fingerprint density at radius 1 is 1.31 bits per heavy atom. The third kappa shape index (κ3) is 3.85. The number of carbonyl (C=O) groups is 2. The number of anilines is 3. The summed E-state index contributed by atoms with van der Waals surface area (Å²) in [6, 6.07) is 6.34. The number of hydrogen-bond acceptors (Lipinski definition) is 7. The number of para-hydroxylation sites is 1. The zero-order valence-electron chi connectivity index (χ0n) is 16.5. The van der Waals surface area contributed by atoms with E-state index in [0.717, 1.165) is 11.3 Å². The van der Waals surface area contributed by atoms with Crippen molar-refractivity contribution in [2.24, 2.45) is 0 Å². The van der Waals surface area contributed by atoms with Gasteiger partial charge in [0.2, 0.25) is 0 Å². The standard InChI is InChI=1S/C20H16FI2N5O4/c1-31-18-10(21)3-2-4-11(18)25-17-15-12-7-14(27-19(15)29)23-32-20(30)22-28-13-8-24-6-5-9(13)16(17)26-12/h2-6,8,14,25-26,28H,7H2,1H3,(H,27,29)/q-2/t14-/m1/s1. The van der Waals surface area contributed by atoms with Crippen LogP contribution in [0.2, 0.25) is 0 Å². The number of fused-ring (bicyclic) bond motifs is 4. The summed E-state index contributed by atoms with van der Waals surface area (Å²) in [5, 5.41) is 6.16. The van der Waals surface area contributed by atoms with E-state index in [0.29, 0.717) is 34.7 Å². The number of aromatic nitrogens is 2. The molecule has 4 heterocycles. The summed E-state index contributed by atoms with van der Waals surface area (Å²) in [5.74, 6) is -0.760. The van der Waals surface area contributed by atoms with Gasteiger partial charge in [-0.25, -0.2) is 0 Å². The summed E-state index contributed by atoms with van der Waals surface area (Å²) in [4.78, 5) is 32.9. The Balaban J connectivity index is 1.71. The Labute approximate surface area is 203 Å². The van der Waals surface area contributed by atoms with Crippen molar-refractivity contribution in [2.75, 3.05) is 16.0 Å². The monoisotopic (exact) mass is 663 g/mol. The predicted molar refractivity (Wildman–Crippen MR) is 105 cm³/mol. The molecule has 0 saturated heterocycles. The summed E-state index contributed by atoms with van der Waals surface area (Å²) in [6.07, 6.45) is 3.75. The molecule has 1 aromatic carbocycles. The second kappa shape index (κ2) is 8.73. The van der Waals surface area contributed by atoms with Crippen molar-refractivity contribution in [3.63, 3.8) is 0 Å². The van der Waals surface area contributed by atoms with Crippen LogP contribution in [0.4, 0.5) is 26.2 Å². The Kier molecular flexibility index (Phi) is 5.79. The summed E-state index contributed by atoms with van der Waals surface area (Å²) >= 11 is -2.16. The number of nitrogens with one attached hydrogen (secondary N) is 4. The van der Waals surface area contributed by atoms with Gasteiger partial charge < -0.3 is 0 Å². The van der Waals surface area contributed by atoms with E-state index in [2.05, 4.69) is 24.1 Å². The summed E-state index contributed by atoms with van der Waals surface area (Å²) in [7, 11) is 1.39. The van der Waals surface area contributed by atoms with E-state index >= 15 is 0 Å². The topological polar surface area (TPSA) is 117 Å². The molecule has 3 bridgehead atoms. The van der Waals surface area contributed by atoms with Gasteiger partial charge in [-0.3, -0.25) is 0 Å². The molecule has 9 nitrogen and oxygen atoms in total. The van der Waals surface area contributed by atoms with Crippen molar-refractivity contribution in [1.29, 1.82) is 0 Å². The molecule has 32 heavy (non-hydrogen) atoms. The van der Waals surface area contributed by atoms with Gasteiger partial charge in [-0.1, -0.05) is 0 Å². The molecule has 3 aromatic rings. The number of hydrogen-bond donors (Lipinski definition) is 4. The normalized spacial score (nSPS) is 17.8. The number of methoxy groups -OCH3 is 1. The molecule has 12 heteroatoms. The van der Waals surface area contributed by atoms with Crippen LogP contribution >= 0.6 is 0 Å². The molecule has 168 valence electrons. The number of ether oxygens (including phenoxy) is 1. The molecule has 2 aromatic heterocycles. The van der Waals surface area contributed by atoms with Crippen LogP contribution in [0.3, 0.4) is 0 Å². The molecular formula is C20H16FI2N5O4-2. The van der Waals surface area contributed by atoms with E-state index in [1.54, 1.807) is 30.6 Å². The zero-order chi connectivity index (χ0) is 22.2. The molecule has 0 unspecified atom stereocenters. The molecular weight excluding hydrogens is 647 g/mol. The van der Waals surface area contributed by atoms with Gasteiger partial charge in [-0.05, 0) is 0 Å². The van der Waals surface area contributed by atoms with Crippen molar-refractivity contribution in [3.8, 4) is 17.0 Å². The second-order valence-corrected chi connectivity index (χ2v) is 11.2. The fourth-order valence-corrected chi connectivity index (χ4v) is 7.37. The van der Waals surface area contributed by atoms with Crippen molar-refractivity contribution >= 4 is 26.9 Å². The van der Waals surface area contributed by atoms with Crippen LogP contribution in [0.5, 0.6) is 5.75 Å². The van der Waals surface area contributed by atoms with Gasteiger partial charge in [0.1, 0.15) is 0 Å². The number of aromatic amines is 1. The predicted octanol–water partition coefficient (Wildman–Crippen LogP) is -2.85. The molecule has 4 N–H and O–H groups in total. The van der Waals surface area contributed by atoms with E-state index in [1.165, 1.54) is 13.2 Å². The number of pyridine rings is 1. The van der Waals surface area contributed by atoms with Gasteiger partial charge in [0.05, 0.1) is 0 Å². The first-order valence-electron chi connectivity index (χ1n) is 9.39. The Morgan fingerprint density at radius 2 is 2.19 bits per heavy atom. The Morgan fingerprint density at radius 3 is 3.03 bits per heavy atom. The van der Waals surface area contributed by atoms with Crippen LogP contribution in [-0.4, -0.2) is 31.0 Å². The van der Waals surface area contributed by atoms with Crippen LogP contribution in [0.15, 0.2) is 36.7 Å². The Hall–Kier alpha value is -2.62. The molecule has 0 radical (unpaired) electrons. The number of nitrogens with zero attached hydrogens (tertiary/aromatic N) is 1. The quantitative estimate of drug-likeness (QED) is 0.0785. The van der Waals surface area contributed by atoms with E-state index in [-0.39, 0.29) is 19.7 Å². The van der Waals surface area contributed by atoms with E-state index in [1.807, 2.05) is 0 Å².